The summed E-state index contributed by atoms with van der Waals surface area (Å²) in [6.45, 7) is 2.08. The third-order valence-corrected chi connectivity index (χ3v) is 4.21. The molecule has 1 heterocycles. The zero-order valence-corrected chi connectivity index (χ0v) is 12.6. The second-order valence-corrected chi connectivity index (χ2v) is 5.73. The SMILES string of the molecule is CCOC(=O)c1nnc(OC2CCCc3ccccc32)s1. The Morgan fingerprint density at radius 1 is 1.38 bits per heavy atom. The van der Waals surface area contributed by atoms with Gasteiger partial charge < -0.3 is 9.47 Å². The molecule has 0 amide bonds. The van der Waals surface area contributed by atoms with Gasteiger partial charge in [-0.05, 0) is 48.6 Å². The van der Waals surface area contributed by atoms with Crippen molar-refractivity contribution in [3.05, 3.63) is 40.4 Å². The zero-order chi connectivity index (χ0) is 14.7. The first-order valence-corrected chi connectivity index (χ1v) is 7.84. The Morgan fingerprint density at radius 2 is 2.24 bits per heavy atom. The van der Waals surface area contributed by atoms with Gasteiger partial charge in [-0.3, -0.25) is 0 Å². The van der Waals surface area contributed by atoms with Gasteiger partial charge in [-0.25, -0.2) is 4.79 Å². The molecule has 0 saturated heterocycles. The molecule has 0 radical (unpaired) electrons. The Bertz CT molecular complexity index is 641. The molecule has 5 nitrogen and oxygen atoms in total. The Kier molecular flexibility index (Phi) is 4.15. The number of esters is 1. The van der Waals surface area contributed by atoms with Crippen molar-refractivity contribution in [1.82, 2.24) is 10.2 Å². The van der Waals surface area contributed by atoms with Crippen LogP contribution in [0.2, 0.25) is 0 Å². The first-order chi connectivity index (χ1) is 10.3. The van der Waals surface area contributed by atoms with Crippen molar-refractivity contribution in [1.29, 1.82) is 0 Å². The fourth-order valence-corrected chi connectivity index (χ4v) is 3.12. The maximum absolute atomic E-state index is 11.6. The molecule has 1 aromatic heterocycles. The summed E-state index contributed by atoms with van der Waals surface area (Å²) in [7, 11) is 0. The molecular weight excluding hydrogens is 288 g/mol. The third-order valence-electron chi connectivity index (χ3n) is 3.41. The molecule has 6 heteroatoms. The Hall–Kier alpha value is -1.95. The lowest BCUT2D eigenvalue weighted by molar-refractivity contribution is 0.0525. The lowest BCUT2D eigenvalue weighted by Gasteiger charge is -2.24. The van der Waals surface area contributed by atoms with Gasteiger partial charge in [-0.1, -0.05) is 29.4 Å². The van der Waals surface area contributed by atoms with Gasteiger partial charge in [0.25, 0.3) is 5.19 Å². The molecule has 1 aliphatic carbocycles. The molecule has 0 aliphatic heterocycles. The smallest absolute Gasteiger partial charge is 0.369 e. The van der Waals surface area contributed by atoms with Gasteiger partial charge in [0.2, 0.25) is 5.01 Å². The molecule has 110 valence electrons. The number of fused-ring (bicyclic) bond motifs is 1. The van der Waals surface area contributed by atoms with Gasteiger partial charge in [-0.15, -0.1) is 5.10 Å². The number of nitrogens with zero attached hydrogens (tertiary/aromatic N) is 2. The van der Waals surface area contributed by atoms with E-state index in [0.29, 0.717) is 11.8 Å². The van der Waals surface area contributed by atoms with Crippen LogP contribution in [-0.4, -0.2) is 22.8 Å². The van der Waals surface area contributed by atoms with Crippen LogP contribution in [0.3, 0.4) is 0 Å². The minimum atomic E-state index is -0.450. The summed E-state index contributed by atoms with van der Waals surface area (Å²) in [5.41, 5.74) is 2.53. The van der Waals surface area contributed by atoms with Crippen molar-refractivity contribution in [3.63, 3.8) is 0 Å². The Labute approximate surface area is 126 Å². The van der Waals surface area contributed by atoms with Crippen molar-refractivity contribution < 1.29 is 14.3 Å². The molecule has 1 aliphatic rings. The van der Waals surface area contributed by atoms with E-state index in [1.165, 1.54) is 11.1 Å². The zero-order valence-electron chi connectivity index (χ0n) is 11.7. The normalized spacial score (nSPS) is 17.1. The number of hydrogen-bond acceptors (Lipinski definition) is 6. The van der Waals surface area contributed by atoms with E-state index in [-0.39, 0.29) is 11.1 Å². The summed E-state index contributed by atoms with van der Waals surface area (Å²) in [4.78, 5) is 11.6. The van der Waals surface area contributed by atoms with Crippen LogP contribution in [0.5, 0.6) is 5.19 Å². The van der Waals surface area contributed by atoms with E-state index in [1.54, 1.807) is 6.92 Å². The number of ether oxygens (including phenoxy) is 2. The molecule has 1 unspecified atom stereocenters. The molecule has 0 bridgehead atoms. The van der Waals surface area contributed by atoms with Gasteiger partial charge in [0, 0.05) is 0 Å². The third kappa shape index (κ3) is 3.05. The van der Waals surface area contributed by atoms with Gasteiger partial charge in [0.1, 0.15) is 6.10 Å². The predicted molar refractivity (Wildman–Crippen MR) is 78.6 cm³/mol. The number of carbonyl (C=O) groups excluding carboxylic acids is 1. The number of aryl methyl sites for hydroxylation is 1. The first-order valence-electron chi connectivity index (χ1n) is 7.03. The van der Waals surface area contributed by atoms with Crippen LogP contribution in [0.25, 0.3) is 0 Å². The van der Waals surface area contributed by atoms with Crippen LogP contribution in [0.15, 0.2) is 24.3 Å². The Balaban J connectivity index is 1.75. The largest absolute Gasteiger partial charge is 0.461 e. The predicted octanol–water partition coefficient (Wildman–Crippen LogP) is 3.17. The molecule has 3 rings (SSSR count). The highest BCUT2D eigenvalue weighted by Crippen LogP contribution is 2.34. The van der Waals surface area contributed by atoms with Crippen LogP contribution in [0, 0.1) is 0 Å². The van der Waals surface area contributed by atoms with Crippen molar-refractivity contribution >= 4 is 17.3 Å². The van der Waals surface area contributed by atoms with Crippen LogP contribution in [-0.2, 0) is 11.2 Å². The average molecular weight is 304 g/mol. The maximum Gasteiger partial charge on any atom is 0.369 e. The van der Waals surface area contributed by atoms with Crippen LogP contribution in [0.4, 0.5) is 0 Å². The van der Waals surface area contributed by atoms with Crippen molar-refractivity contribution in [2.24, 2.45) is 0 Å². The lowest BCUT2D eigenvalue weighted by Crippen LogP contribution is -2.15. The van der Waals surface area contributed by atoms with Crippen LogP contribution >= 0.6 is 11.3 Å². The lowest BCUT2D eigenvalue weighted by atomic mass is 9.89. The number of carbonyl (C=O) groups is 1. The minimum Gasteiger partial charge on any atom is -0.461 e. The highest BCUT2D eigenvalue weighted by Gasteiger charge is 2.23. The van der Waals surface area contributed by atoms with Gasteiger partial charge in [-0.2, -0.15) is 0 Å². The highest BCUT2D eigenvalue weighted by atomic mass is 32.1. The molecule has 0 spiro atoms. The fraction of sp³-hybridized carbons (Fsp3) is 0.400. The standard InChI is InChI=1S/C15H16N2O3S/c1-2-19-14(18)13-16-17-15(21-13)20-12-9-5-7-10-6-3-4-8-11(10)12/h3-4,6,8,12H,2,5,7,9H2,1H3. The first kappa shape index (κ1) is 14.0. The quantitative estimate of drug-likeness (QED) is 0.812. The van der Waals surface area contributed by atoms with E-state index in [0.717, 1.165) is 30.6 Å². The van der Waals surface area contributed by atoms with E-state index in [9.17, 15) is 4.79 Å². The van der Waals surface area contributed by atoms with Gasteiger partial charge in [0.05, 0.1) is 6.61 Å². The number of hydrogen-bond donors (Lipinski definition) is 0. The number of benzene rings is 1. The molecule has 1 aromatic carbocycles. The molecular formula is C15H16N2O3S. The molecule has 0 fully saturated rings. The Morgan fingerprint density at radius 3 is 3.10 bits per heavy atom. The van der Waals surface area contributed by atoms with Crippen LogP contribution in [0.1, 0.15) is 46.8 Å². The minimum absolute atomic E-state index is 0.0158. The van der Waals surface area contributed by atoms with Gasteiger partial charge >= 0.3 is 5.97 Å². The molecule has 2 aromatic rings. The summed E-state index contributed by atoms with van der Waals surface area (Å²) >= 11 is 1.13. The van der Waals surface area contributed by atoms with Gasteiger partial charge in [0.15, 0.2) is 0 Å². The fourth-order valence-electron chi connectivity index (χ4n) is 2.49. The second-order valence-electron chi connectivity index (χ2n) is 4.79. The second kappa shape index (κ2) is 6.22. The molecule has 0 saturated carbocycles. The molecule has 1 atom stereocenters. The summed E-state index contributed by atoms with van der Waals surface area (Å²) in [5, 5.41) is 8.41. The summed E-state index contributed by atoms with van der Waals surface area (Å²) in [5.74, 6) is -0.450. The summed E-state index contributed by atoms with van der Waals surface area (Å²) in [6, 6.07) is 8.29. The summed E-state index contributed by atoms with van der Waals surface area (Å²) in [6.07, 6.45) is 3.11. The number of aromatic nitrogens is 2. The van der Waals surface area contributed by atoms with Crippen molar-refractivity contribution in [3.8, 4) is 5.19 Å². The van der Waals surface area contributed by atoms with Crippen LogP contribution < -0.4 is 4.74 Å². The number of rotatable bonds is 4. The van der Waals surface area contributed by atoms with E-state index in [1.807, 2.05) is 12.1 Å². The van der Waals surface area contributed by atoms with Crippen molar-refractivity contribution in [2.45, 2.75) is 32.3 Å². The summed E-state index contributed by atoms with van der Waals surface area (Å²) < 4.78 is 10.8. The topological polar surface area (TPSA) is 61.3 Å². The monoisotopic (exact) mass is 304 g/mol. The van der Waals surface area contributed by atoms with E-state index >= 15 is 0 Å². The van der Waals surface area contributed by atoms with E-state index < -0.39 is 5.97 Å². The van der Waals surface area contributed by atoms with E-state index in [2.05, 4.69) is 22.3 Å². The van der Waals surface area contributed by atoms with Crippen molar-refractivity contribution in [2.75, 3.05) is 6.61 Å². The molecule has 0 N–H and O–H groups in total. The highest BCUT2D eigenvalue weighted by molar-refractivity contribution is 7.14. The maximum atomic E-state index is 11.6. The van der Waals surface area contributed by atoms with E-state index in [4.69, 9.17) is 9.47 Å². The average Bonchev–Trinajstić information content (AvgIpc) is 2.97. The molecule has 21 heavy (non-hydrogen) atoms.